The average Bonchev–Trinajstić information content (AvgIpc) is 3.35. The van der Waals surface area contributed by atoms with Crippen molar-refractivity contribution in [1.29, 1.82) is 0 Å². The predicted molar refractivity (Wildman–Crippen MR) is 141 cm³/mol. The monoisotopic (exact) mass is 512 g/mol. The van der Waals surface area contributed by atoms with Gasteiger partial charge in [-0.3, -0.25) is 4.79 Å². The SMILES string of the molecule is CCC(O)CC(=O)OC1CC2C3(C)CCCC4(CC4C)C3CCC2(C)C2CCC3=C(C(=O)OC3C)C12C. The molecule has 0 radical (unpaired) electrons. The molecule has 37 heavy (non-hydrogen) atoms. The zero-order valence-electron chi connectivity index (χ0n) is 23.9. The Morgan fingerprint density at radius 1 is 1.08 bits per heavy atom. The molecule has 5 heteroatoms. The molecule has 206 valence electrons. The Hall–Kier alpha value is -1.36. The fourth-order valence-corrected chi connectivity index (χ4v) is 11.4. The van der Waals surface area contributed by atoms with E-state index < -0.39 is 11.5 Å². The molecule has 11 unspecified atom stereocenters. The number of carbonyl (C=O) groups is 2. The topological polar surface area (TPSA) is 72.8 Å². The summed E-state index contributed by atoms with van der Waals surface area (Å²) in [6, 6.07) is 0. The minimum absolute atomic E-state index is 0.0168. The van der Waals surface area contributed by atoms with Crippen molar-refractivity contribution < 1.29 is 24.2 Å². The van der Waals surface area contributed by atoms with Gasteiger partial charge in [0.25, 0.3) is 0 Å². The molecule has 0 aromatic heterocycles. The lowest BCUT2D eigenvalue weighted by molar-refractivity contribution is -0.223. The van der Waals surface area contributed by atoms with Gasteiger partial charge in [0.2, 0.25) is 0 Å². The maximum Gasteiger partial charge on any atom is 0.335 e. The van der Waals surface area contributed by atoms with E-state index in [0.29, 0.717) is 17.8 Å². The van der Waals surface area contributed by atoms with Crippen LogP contribution < -0.4 is 0 Å². The lowest BCUT2D eigenvalue weighted by Crippen LogP contribution is -2.65. The molecule has 0 amide bonds. The summed E-state index contributed by atoms with van der Waals surface area (Å²) >= 11 is 0. The molecule has 5 nitrogen and oxygen atoms in total. The van der Waals surface area contributed by atoms with Crippen molar-refractivity contribution in [3.05, 3.63) is 11.1 Å². The van der Waals surface area contributed by atoms with Gasteiger partial charge in [-0.25, -0.2) is 4.79 Å². The van der Waals surface area contributed by atoms with Crippen molar-refractivity contribution in [1.82, 2.24) is 0 Å². The third-order valence-corrected chi connectivity index (χ3v) is 13.2. The van der Waals surface area contributed by atoms with Gasteiger partial charge in [-0.15, -0.1) is 0 Å². The Morgan fingerprint density at radius 3 is 2.46 bits per heavy atom. The minimum Gasteiger partial charge on any atom is -0.461 e. The average molecular weight is 513 g/mol. The first-order valence-corrected chi connectivity index (χ1v) is 15.2. The van der Waals surface area contributed by atoms with E-state index in [1.54, 1.807) is 0 Å². The highest BCUT2D eigenvalue weighted by atomic mass is 16.6. The molecule has 4 saturated carbocycles. The van der Waals surface area contributed by atoms with E-state index in [4.69, 9.17) is 9.47 Å². The number of fused-ring (bicyclic) bond motifs is 7. The minimum atomic E-state index is -0.686. The number of aliphatic hydroxyl groups excluding tert-OH is 1. The van der Waals surface area contributed by atoms with Gasteiger partial charge in [0.1, 0.15) is 12.2 Å². The fourth-order valence-electron chi connectivity index (χ4n) is 11.4. The number of hydrogen-bond donors (Lipinski definition) is 1. The van der Waals surface area contributed by atoms with Crippen molar-refractivity contribution in [3.8, 4) is 0 Å². The van der Waals surface area contributed by atoms with E-state index in [-0.39, 0.29) is 47.3 Å². The van der Waals surface area contributed by atoms with Crippen LogP contribution in [-0.2, 0) is 19.1 Å². The predicted octanol–water partition coefficient (Wildman–Crippen LogP) is 6.37. The van der Waals surface area contributed by atoms with Crippen LogP contribution in [0.2, 0.25) is 0 Å². The standard InChI is InChI=1S/C32H48O5/c1-7-20(33)15-26(34)37-25-16-24-29(4)12-8-13-32(17-18(32)2)23(29)11-14-30(24,5)22-10-9-21-19(3)36-28(35)27(21)31(22,25)6/h18-20,22-25,33H,7-17H2,1-6H3. The molecule has 5 aliphatic carbocycles. The van der Waals surface area contributed by atoms with Crippen LogP contribution in [0.25, 0.3) is 0 Å². The molecule has 1 heterocycles. The number of cyclic esters (lactones) is 1. The summed E-state index contributed by atoms with van der Waals surface area (Å²) in [5, 5.41) is 10.2. The quantitative estimate of drug-likeness (QED) is 0.443. The molecular weight excluding hydrogens is 464 g/mol. The second-order valence-corrected chi connectivity index (χ2v) is 14.6. The molecule has 6 rings (SSSR count). The van der Waals surface area contributed by atoms with E-state index in [0.717, 1.165) is 42.2 Å². The number of rotatable bonds is 4. The highest BCUT2D eigenvalue weighted by Crippen LogP contribution is 2.78. The zero-order valence-corrected chi connectivity index (χ0v) is 23.9. The number of hydrogen-bond acceptors (Lipinski definition) is 5. The van der Waals surface area contributed by atoms with Crippen molar-refractivity contribution in [2.45, 2.75) is 130 Å². The molecule has 0 aromatic rings. The van der Waals surface area contributed by atoms with Gasteiger partial charge >= 0.3 is 11.9 Å². The van der Waals surface area contributed by atoms with Crippen LogP contribution >= 0.6 is 0 Å². The lowest BCUT2D eigenvalue weighted by Gasteiger charge is -2.69. The lowest BCUT2D eigenvalue weighted by atomic mass is 9.35. The molecule has 6 aliphatic rings. The summed E-state index contributed by atoms with van der Waals surface area (Å²) in [6.07, 6.45) is 9.87. The molecule has 0 saturated heterocycles. The molecule has 4 fully saturated rings. The summed E-state index contributed by atoms with van der Waals surface area (Å²) in [4.78, 5) is 26.5. The maximum absolute atomic E-state index is 13.4. The smallest absolute Gasteiger partial charge is 0.335 e. The van der Waals surface area contributed by atoms with E-state index in [9.17, 15) is 14.7 Å². The second kappa shape index (κ2) is 8.32. The molecular formula is C32H48O5. The van der Waals surface area contributed by atoms with Gasteiger partial charge in [-0.1, -0.05) is 41.0 Å². The number of ether oxygens (including phenoxy) is 2. The third kappa shape index (κ3) is 3.37. The van der Waals surface area contributed by atoms with Crippen molar-refractivity contribution in [3.63, 3.8) is 0 Å². The van der Waals surface area contributed by atoms with Gasteiger partial charge in [-0.2, -0.15) is 0 Å². The normalized spacial score (nSPS) is 50.9. The van der Waals surface area contributed by atoms with Crippen LogP contribution in [0.3, 0.4) is 0 Å². The fraction of sp³-hybridized carbons (Fsp3) is 0.875. The highest BCUT2D eigenvalue weighted by Gasteiger charge is 2.72. The van der Waals surface area contributed by atoms with Crippen LogP contribution in [0.15, 0.2) is 11.1 Å². The summed E-state index contributed by atoms with van der Waals surface area (Å²) in [6.45, 7) is 13.6. The van der Waals surface area contributed by atoms with E-state index in [1.807, 2.05) is 13.8 Å². The molecule has 1 aliphatic heterocycles. The first kappa shape index (κ1) is 25.9. The third-order valence-electron chi connectivity index (χ3n) is 13.2. The van der Waals surface area contributed by atoms with E-state index in [2.05, 4.69) is 27.7 Å². The van der Waals surface area contributed by atoms with Gasteiger partial charge in [0, 0.05) is 11.0 Å². The second-order valence-electron chi connectivity index (χ2n) is 14.6. The van der Waals surface area contributed by atoms with Crippen molar-refractivity contribution in [2.75, 3.05) is 0 Å². The summed E-state index contributed by atoms with van der Waals surface area (Å²) in [7, 11) is 0. The first-order valence-electron chi connectivity index (χ1n) is 15.2. The Bertz CT molecular complexity index is 1030. The number of carbonyl (C=O) groups excluding carboxylic acids is 2. The van der Waals surface area contributed by atoms with Crippen molar-refractivity contribution >= 4 is 11.9 Å². The Labute approximate surface area is 223 Å². The van der Waals surface area contributed by atoms with Crippen LogP contribution in [-0.4, -0.2) is 35.4 Å². The highest BCUT2D eigenvalue weighted by molar-refractivity contribution is 5.94. The molecule has 0 aromatic carbocycles. The van der Waals surface area contributed by atoms with Crippen LogP contribution in [0.1, 0.15) is 112 Å². The Balaban J connectivity index is 1.43. The molecule has 1 N–H and O–H groups in total. The summed E-state index contributed by atoms with van der Waals surface area (Å²) in [5.41, 5.74) is 2.27. The van der Waals surface area contributed by atoms with E-state index in [1.165, 1.54) is 38.5 Å². The summed E-state index contributed by atoms with van der Waals surface area (Å²) < 4.78 is 12.2. The van der Waals surface area contributed by atoms with Crippen LogP contribution in [0, 0.1) is 45.3 Å². The maximum atomic E-state index is 13.4. The van der Waals surface area contributed by atoms with Gasteiger partial charge < -0.3 is 14.6 Å². The van der Waals surface area contributed by atoms with Gasteiger partial charge in [0.15, 0.2) is 0 Å². The molecule has 1 spiro atoms. The first-order chi connectivity index (χ1) is 17.4. The van der Waals surface area contributed by atoms with Crippen LogP contribution in [0.5, 0.6) is 0 Å². The van der Waals surface area contributed by atoms with Gasteiger partial charge in [0.05, 0.1) is 12.5 Å². The zero-order chi connectivity index (χ0) is 26.5. The summed E-state index contributed by atoms with van der Waals surface area (Å²) in [5.74, 6) is 1.79. The van der Waals surface area contributed by atoms with Crippen LogP contribution in [0.4, 0.5) is 0 Å². The van der Waals surface area contributed by atoms with E-state index >= 15 is 0 Å². The molecule has 11 atom stereocenters. The Kier molecular flexibility index (Phi) is 5.82. The molecule has 0 bridgehead atoms. The largest absolute Gasteiger partial charge is 0.461 e. The Morgan fingerprint density at radius 2 is 1.78 bits per heavy atom. The number of aliphatic hydroxyl groups is 1. The van der Waals surface area contributed by atoms with Gasteiger partial charge in [-0.05, 0) is 110 Å². The van der Waals surface area contributed by atoms with Crippen molar-refractivity contribution in [2.24, 2.45) is 45.3 Å². The number of esters is 2.